The Labute approximate surface area is 184 Å². The first kappa shape index (κ1) is 22.7. The number of rotatable bonds is 6. The van der Waals surface area contributed by atoms with Crippen molar-refractivity contribution in [2.75, 3.05) is 32.4 Å². The van der Waals surface area contributed by atoms with E-state index in [1.165, 1.54) is 5.56 Å². The number of halogens is 1. The van der Waals surface area contributed by atoms with Crippen LogP contribution < -0.4 is 5.32 Å². The highest BCUT2D eigenvalue weighted by Gasteiger charge is 2.26. The van der Waals surface area contributed by atoms with E-state index in [2.05, 4.69) is 26.5 Å². The molecule has 2 heterocycles. The van der Waals surface area contributed by atoms with Crippen molar-refractivity contribution in [1.29, 1.82) is 0 Å². The van der Waals surface area contributed by atoms with Crippen LogP contribution in [0, 0.1) is 0 Å². The van der Waals surface area contributed by atoms with Gasteiger partial charge in [-0.25, -0.2) is 8.42 Å². The van der Waals surface area contributed by atoms with Crippen LogP contribution in [-0.4, -0.2) is 61.5 Å². The monoisotopic (exact) mass is 517 g/mol. The zero-order chi connectivity index (χ0) is 19.3. The average molecular weight is 517 g/mol. The van der Waals surface area contributed by atoms with Gasteiger partial charge in [0.05, 0.1) is 16.8 Å². The van der Waals surface area contributed by atoms with Crippen LogP contribution in [0.5, 0.6) is 0 Å². The average Bonchev–Trinajstić information content (AvgIpc) is 3.31. The Bertz CT molecular complexity index is 883. The van der Waals surface area contributed by atoms with E-state index in [1.807, 2.05) is 24.0 Å². The smallest absolute Gasteiger partial charge is 0.193 e. The number of benzene rings is 1. The van der Waals surface area contributed by atoms with Crippen LogP contribution in [0.3, 0.4) is 0 Å². The van der Waals surface area contributed by atoms with Gasteiger partial charge in [0.1, 0.15) is 0 Å². The number of hydrogen-bond acceptors (Lipinski definition) is 4. The third kappa shape index (κ3) is 5.69. The minimum atomic E-state index is -3.23. The second kappa shape index (κ2) is 10.2. The maximum absolute atomic E-state index is 12.3. The van der Waals surface area contributed by atoms with Crippen molar-refractivity contribution in [3.05, 3.63) is 48.3 Å². The fourth-order valence-corrected chi connectivity index (χ4v) is 4.75. The molecule has 0 radical (unpaired) electrons. The van der Waals surface area contributed by atoms with E-state index < -0.39 is 9.84 Å². The highest BCUT2D eigenvalue weighted by atomic mass is 127. The molecule has 1 aliphatic rings. The number of nitrogens with one attached hydrogen (secondary N) is 1. The second-order valence-corrected chi connectivity index (χ2v) is 8.95. The maximum Gasteiger partial charge on any atom is 0.193 e. The summed E-state index contributed by atoms with van der Waals surface area (Å²) in [6.45, 7) is 2.40. The van der Waals surface area contributed by atoms with E-state index in [0.29, 0.717) is 23.8 Å². The molecule has 3 rings (SSSR count). The van der Waals surface area contributed by atoms with E-state index in [4.69, 9.17) is 0 Å². The Morgan fingerprint density at radius 2 is 2.07 bits per heavy atom. The van der Waals surface area contributed by atoms with Gasteiger partial charge in [-0.2, -0.15) is 5.10 Å². The fourth-order valence-electron chi connectivity index (χ4n) is 3.42. The van der Waals surface area contributed by atoms with Gasteiger partial charge in [-0.3, -0.25) is 9.67 Å². The van der Waals surface area contributed by atoms with Crippen LogP contribution in [0.2, 0.25) is 0 Å². The quantitative estimate of drug-likeness (QED) is 0.275. The molecule has 0 amide bonds. The van der Waals surface area contributed by atoms with Crippen LogP contribution in [0.15, 0.2) is 52.6 Å². The first-order chi connectivity index (χ1) is 13.0. The van der Waals surface area contributed by atoms with Crippen LogP contribution in [0.25, 0.3) is 0 Å². The van der Waals surface area contributed by atoms with Crippen molar-refractivity contribution in [3.63, 3.8) is 0 Å². The lowest BCUT2D eigenvalue weighted by Crippen LogP contribution is -2.40. The molecule has 1 saturated heterocycles. The molecule has 0 saturated carbocycles. The molecule has 0 bridgehead atoms. The Morgan fingerprint density at radius 1 is 1.32 bits per heavy atom. The molecule has 0 spiro atoms. The topological polar surface area (TPSA) is 79.6 Å². The molecular weight excluding hydrogens is 489 g/mol. The number of likely N-dealkylation sites (tertiary alicyclic amines) is 1. The summed E-state index contributed by atoms with van der Waals surface area (Å²) in [6, 6.07) is 8.60. The van der Waals surface area contributed by atoms with Crippen molar-refractivity contribution in [2.24, 2.45) is 12.0 Å². The summed E-state index contributed by atoms with van der Waals surface area (Å²) in [5, 5.41) is 7.56. The Kier molecular flexibility index (Phi) is 8.29. The van der Waals surface area contributed by atoms with Crippen molar-refractivity contribution < 1.29 is 8.42 Å². The van der Waals surface area contributed by atoms with Crippen molar-refractivity contribution in [3.8, 4) is 0 Å². The first-order valence-corrected chi connectivity index (χ1v) is 10.9. The van der Waals surface area contributed by atoms with Crippen molar-refractivity contribution >= 4 is 39.8 Å². The fraction of sp³-hybridized carbons (Fsp3) is 0.474. The van der Waals surface area contributed by atoms with Crippen LogP contribution in [-0.2, 0) is 16.9 Å². The predicted molar refractivity (Wildman–Crippen MR) is 122 cm³/mol. The first-order valence-electron chi connectivity index (χ1n) is 9.21. The second-order valence-electron chi connectivity index (χ2n) is 6.84. The summed E-state index contributed by atoms with van der Waals surface area (Å²) in [5.74, 6) is 1.41. The molecule has 1 aromatic carbocycles. The zero-order valence-electron chi connectivity index (χ0n) is 16.3. The third-order valence-corrected chi connectivity index (χ3v) is 6.69. The van der Waals surface area contributed by atoms with Crippen LogP contribution in [0.4, 0.5) is 0 Å². The summed E-state index contributed by atoms with van der Waals surface area (Å²) in [6.07, 6.45) is 5.60. The number of aliphatic imine (C=N–C) groups is 1. The van der Waals surface area contributed by atoms with Crippen LogP contribution >= 0.6 is 24.0 Å². The molecule has 1 N–H and O–H groups in total. The molecule has 1 aromatic heterocycles. The Balaban J connectivity index is 0.00000280. The molecule has 2 aromatic rings. The molecule has 1 fully saturated rings. The Hall–Kier alpha value is -1.62. The maximum atomic E-state index is 12.3. The highest BCUT2D eigenvalue weighted by Crippen LogP contribution is 2.26. The lowest BCUT2D eigenvalue weighted by Gasteiger charge is -2.21. The van der Waals surface area contributed by atoms with E-state index in [1.54, 1.807) is 31.3 Å². The minimum absolute atomic E-state index is 0. The van der Waals surface area contributed by atoms with Gasteiger partial charge in [0.25, 0.3) is 0 Å². The molecule has 1 atom stereocenters. The molecule has 0 aliphatic carbocycles. The van der Waals surface area contributed by atoms with Gasteiger partial charge in [-0.05, 0) is 30.5 Å². The van der Waals surface area contributed by atoms with Crippen molar-refractivity contribution in [1.82, 2.24) is 20.0 Å². The summed E-state index contributed by atoms with van der Waals surface area (Å²) in [5.41, 5.74) is 1.25. The largest absolute Gasteiger partial charge is 0.356 e. The van der Waals surface area contributed by atoms with Gasteiger partial charge < -0.3 is 10.2 Å². The molecule has 154 valence electrons. The van der Waals surface area contributed by atoms with Gasteiger partial charge in [0.15, 0.2) is 15.8 Å². The van der Waals surface area contributed by atoms with Gasteiger partial charge >= 0.3 is 0 Å². The molecular formula is C19H28IN5O2S. The predicted octanol–water partition coefficient (Wildman–Crippen LogP) is 2.27. The van der Waals surface area contributed by atoms with Crippen LogP contribution in [0.1, 0.15) is 24.3 Å². The number of hydrogen-bond donors (Lipinski definition) is 1. The molecule has 7 nitrogen and oxygen atoms in total. The Morgan fingerprint density at radius 3 is 2.71 bits per heavy atom. The lowest BCUT2D eigenvalue weighted by molar-refractivity contribution is 0.485. The van der Waals surface area contributed by atoms with Gasteiger partial charge in [-0.1, -0.05) is 18.2 Å². The number of aryl methyl sites for hydroxylation is 1. The summed E-state index contributed by atoms with van der Waals surface area (Å²) in [7, 11) is 0.466. The van der Waals surface area contributed by atoms with Gasteiger partial charge in [-0.15, -0.1) is 24.0 Å². The number of guanidine groups is 1. The van der Waals surface area contributed by atoms with Gasteiger partial charge in [0.2, 0.25) is 0 Å². The van der Waals surface area contributed by atoms with E-state index in [-0.39, 0.29) is 29.7 Å². The van der Waals surface area contributed by atoms with E-state index >= 15 is 0 Å². The SMILES string of the molecule is CN=C(NCCCS(=O)(=O)c1ccccc1)N1CCC(c2cnn(C)c2)C1.I. The number of nitrogens with zero attached hydrogens (tertiary/aromatic N) is 4. The van der Waals surface area contributed by atoms with E-state index in [0.717, 1.165) is 25.5 Å². The lowest BCUT2D eigenvalue weighted by atomic mass is 10.0. The molecule has 28 heavy (non-hydrogen) atoms. The number of sulfone groups is 1. The highest BCUT2D eigenvalue weighted by molar-refractivity contribution is 14.0. The molecule has 9 heteroatoms. The zero-order valence-corrected chi connectivity index (χ0v) is 19.4. The van der Waals surface area contributed by atoms with Gasteiger partial charge in [0, 0.05) is 45.8 Å². The summed E-state index contributed by atoms with van der Waals surface area (Å²) in [4.78, 5) is 6.96. The standard InChI is InChI=1S/C19H27N5O2S.HI/c1-20-19(24-11-9-16(15-24)17-13-22-23(2)14-17)21-10-6-12-27(25,26)18-7-4-3-5-8-18;/h3-5,7-8,13-14,16H,6,9-12,15H2,1-2H3,(H,20,21);1H. The normalized spacial score (nSPS) is 17.4. The minimum Gasteiger partial charge on any atom is -0.356 e. The molecule has 1 aliphatic heterocycles. The number of aromatic nitrogens is 2. The summed E-state index contributed by atoms with van der Waals surface area (Å²) < 4.78 is 26.5. The third-order valence-electron chi connectivity index (χ3n) is 4.87. The summed E-state index contributed by atoms with van der Waals surface area (Å²) >= 11 is 0. The van der Waals surface area contributed by atoms with Crippen molar-refractivity contribution in [2.45, 2.75) is 23.7 Å². The van der Waals surface area contributed by atoms with E-state index in [9.17, 15) is 8.42 Å². The molecule has 1 unspecified atom stereocenters.